The first-order chi connectivity index (χ1) is 20.1. The molecule has 0 saturated heterocycles. The Morgan fingerprint density at radius 3 is 2.38 bits per heavy atom. The first-order valence-electron chi connectivity index (χ1n) is 14.3. The summed E-state index contributed by atoms with van der Waals surface area (Å²) in [6, 6.07) is 3.35. The van der Waals surface area contributed by atoms with E-state index in [2.05, 4.69) is 30.9 Å². The second-order valence-corrected chi connectivity index (χ2v) is 10.6. The number of benzene rings is 1. The fourth-order valence-corrected chi connectivity index (χ4v) is 4.70. The van der Waals surface area contributed by atoms with Crippen LogP contribution in [0.1, 0.15) is 50.8 Å². The highest BCUT2D eigenvalue weighted by atomic mass is 16.4. The predicted molar refractivity (Wildman–Crippen MR) is 158 cm³/mol. The average molecular weight is 583 g/mol. The Hall–Kier alpha value is -4.23. The van der Waals surface area contributed by atoms with Crippen molar-refractivity contribution in [3.63, 3.8) is 0 Å². The van der Waals surface area contributed by atoms with Gasteiger partial charge in [0.2, 0.25) is 17.7 Å². The molecule has 13 nitrogen and oxygen atoms in total. The van der Waals surface area contributed by atoms with Crippen molar-refractivity contribution in [1.82, 2.24) is 30.9 Å². The number of amides is 3. The number of nitrogens with two attached hydrogens (primary N) is 2. The minimum absolute atomic E-state index is 0.0499. The van der Waals surface area contributed by atoms with E-state index in [0.717, 1.165) is 16.5 Å². The van der Waals surface area contributed by atoms with Crippen molar-refractivity contribution in [2.75, 3.05) is 6.54 Å². The molecule has 2 heterocycles. The number of H-pyrrole nitrogens is 2. The van der Waals surface area contributed by atoms with E-state index >= 15 is 0 Å². The van der Waals surface area contributed by atoms with E-state index in [9.17, 15) is 24.3 Å². The molecular weight excluding hydrogens is 540 g/mol. The Bertz CT molecular complexity index is 1320. The fourth-order valence-electron chi connectivity index (χ4n) is 4.70. The van der Waals surface area contributed by atoms with Crippen molar-refractivity contribution in [1.29, 1.82) is 0 Å². The maximum atomic E-state index is 13.5. The predicted octanol–water partition coefficient (Wildman–Crippen LogP) is 0.718. The summed E-state index contributed by atoms with van der Waals surface area (Å²) in [5.74, 6) is -3.16. The summed E-state index contributed by atoms with van der Waals surface area (Å²) in [5.41, 5.74) is 14.0. The van der Waals surface area contributed by atoms with Gasteiger partial charge in [-0.25, -0.2) is 9.78 Å². The van der Waals surface area contributed by atoms with Crippen molar-refractivity contribution < 1.29 is 24.3 Å². The largest absolute Gasteiger partial charge is 0.480 e. The lowest BCUT2D eigenvalue weighted by atomic mass is 9.96. The van der Waals surface area contributed by atoms with Gasteiger partial charge in [-0.1, -0.05) is 38.5 Å². The molecule has 3 aromatic rings. The molecule has 3 rings (SSSR count). The average Bonchev–Trinajstić information content (AvgIpc) is 3.64. The number of aromatic nitrogens is 3. The molecule has 228 valence electrons. The number of carboxylic acid groups (broad SMARTS) is 1. The maximum absolute atomic E-state index is 13.5. The Labute approximate surface area is 244 Å². The number of unbranched alkanes of at least 4 members (excludes halogenated alkanes) is 1. The SMILES string of the molecule is CCC(C)C(NC(=O)C(N)Cc1cnc[nH]1)C(=O)NC(CCCCN)C(=O)NC(Cc1c[nH]c2ccccc12)C(=O)O. The molecule has 0 aliphatic carbocycles. The van der Waals surface area contributed by atoms with Crippen LogP contribution in [-0.4, -0.2) is 74.5 Å². The molecule has 13 heteroatoms. The van der Waals surface area contributed by atoms with E-state index in [-0.39, 0.29) is 25.2 Å². The molecule has 0 bridgehead atoms. The Kier molecular flexibility index (Phi) is 12.1. The third-order valence-electron chi connectivity index (χ3n) is 7.42. The zero-order valence-electron chi connectivity index (χ0n) is 24.1. The van der Waals surface area contributed by atoms with Crippen LogP contribution in [0.3, 0.4) is 0 Å². The lowest BCUT2D eigenvalue weighted by Crippen LogP contribution is -2.59. The molecule has 5 atom stereocenters. The van der Waals surface area contributed by atoms with Gasteiger partial charge in [0, 0.05) is 41.8 Å². The summed E-state index contributed by atoms with van der Waals surface area (Å²) in [6.45, 7) is 4.10. The molecule has 10 N–H and O–H groups in total. The minimum Gasteiger partial charge on any atom is -0.480 e. The lowest BCUT2D eigenvalue weighted by Gasteiger charge is -2.28. The summed E-state index contributed by atoms with van der Waals surface area (Å²) in [5, 5.41) is 18.9. The van der Waals surface area contributed by atoms with Gasteiger partial charge in [0.25, 0.3) is 0 Å². The summed E-state index contributed by atoms with van der Waals surface area (Å²) in [6.07, 6.45) is 7.00. The van der Waals surface area contributed by atoms with Crippen molar-refractivity contribution in [2.45, 2.75) is 76.5 Å². The van der Waals surface area contributed by atoms with E-state index in [1.165, 1.54) is 6.33 Å². The third-order valence-corrected chi connectivity index (χ3v) is 7.42. The topological polar surface area (TPSA) is 221 Å². The smallest absolute Gasteiger partial charge is 0.326 e. The number of carbonyl (C=O) groups excluding carboxylic acids is 3. The quantitative estimate of drug-likeness (QED) is 0.106. The summed E-state index contributed by atoms with van der Waals surface area (Å²) in [4.78, 5) is 61.8. The summed E-state index contributed by atoms with van der Waals surface area (Å²) < 4.78 is 0. The fraction of sp³-hybridized carbons (Fsp3) is 0.483. The number of hydrogen-bond donors (Lipinski definition) is 8. The van der Waals surface area contributed by atoms with E-state index in [4.69, 9.17) is 11.5 Å². The van der Waals surface area contributed by atoms with Crippen LogP contribution in [0.2, 0.25) is 0 Å². The minimum atomic E-state index is -1.23. The highest BCUT2D eigenvalue weighted by Gasteiger charge is 2.32. The number of para-hydroxylation sites is 1. The number of rotatable bonds is 17. The van der Waals surface area contributed by atoms with Gasteiger partial charge < -0.3 is 42.5 Å². The van der Waals surface area contributed by atoms with Crippen molar-refractivity contribution in [3.8, 4) is 0 Å². The number of hydrogen-bond acceptors (Lipinski definition) is 7. The van der Waals surface area contributed by atoms with Crippen LogP contribution in [0.4, 0.5) is 0 Å². The number of nitrogens with one attached hydrogen (secondary N) is 5. The molecule has 5 unspecified atom stereocenters. The Morgan fingerprint density at radius 2 is 1.71 bits per heavy atom. The number of nitrogens with zero attached hydrogens (tertiary/aromatic N) is 1. The Morgan fingerprint density at radius 1 is 0.976 bits per heavy atom. The van der Waals surface area contributed by atoms with Gasteiger partial charge in [0.1, 0.15) is 18.1 Å². The first-order valence-corrected chi connectivity index (χ1v) is 14.3. The monoisotopic (exact) mass is 582 g/mol. The van der Waals surface area contributed by atoms with Crippen LogP contribution >= 0.6 is 0 Å². The van der Waals surface area contributed by atoms with Crippen molar-refractivity contribution in [3.05, 3.63) is 54.2 Å². The molecule has 0 fully saturated rings. The molecule has 0 saturated carbocycles. The molecule has 42 heavy (non-hydrogen) atoms. The second kappa shape index (κ2) is 15.7. The number of aromatic amines is 2. The summed E-state index contributed by atoms with van der Waals surface area (Å²) >= 11 is 0. The Balaban J connectivity index is 1.72. The molecule has 0 aliphatic heterocycles. The summed E-state index contributed by atoms with van der Waals surface area (Å²) in [7, 11) is 0. The number of aliphatic carboxylic acids is 1. The zero-order chi connectivity index (χ0) is 30.6. The highest BCUT2D eigenvalue weighted by Crippen LogP contribution is 2.19. The third kappa shape index (κ3) is 8.88. The lowest BCUT2D eigenvalue weighted by molar-refractivity contribution is -0.142. The molecule has 3 amide bonds. The molecular formula is C29H42N8O5. The second-order valence-electron chi connectivity index (χ2n) is 10.6. The standard InChI is InChI=1S/C29H42N8O5/c1-3-17(2)25(37-26(38)21(31)13-19-15-32-16-34-19)28(40)35-23(10-6-7-11-30)27(39)36-24(29(41)42)12-18-14-33-22-9-5-4-8-20(18)22/h4-5,8-9,14-17,21,23-25,33H,3,6-7,10-13,30-31H2,1-2H3,(H,32,34)(H,35,40)(H,36,39)(H,37,38)(H,41,42). The van der Waals surface area contributed by atoms with Gasteiger partial charge in [-0.2, -0.15) is 0 Å². The van der Waals surface area contributed by atoms with E-state index in [0.29, 0.717) is 31.5 Å². The van der Waals surface area contributed by atoms with Crippen LogP contribution in [-0.2, 0) is 32.0 Å². The van der Waals surface area contributed by atoms with Crippen LogP contribution in [0.5, 0.6) is 0 Å². The molecule has 0 radical (unpaired) electrons. The van der Waals surface area contributed by atoms with Crippen LogP contribution in [0.15, 0.2) is 43.0 Å². The van der Waals surface area contributed by atoms with Gasteiger partial charge >= 0.3 is 5.97 Å². The van der Waals surface area contributed by atoms with E-state index in [1.807, 2.05) is 38.1 Å². The van der Waals surface area contributed by atoms with Crippen LogP contribution in [0, 0.1) is 5.92 Å². The van der Waals surface area contributed by atoms with Gasteiger partial charge in [-0.3, -0.25) is 14.4 Å². The van der Waals surface area contributed by atoms with E-state index < -0.39 is 47.9 Å². The number of fused-ring (bicyclic) bond motifs is 1. The van der Waals surface area contributed by atoms with Crippen molar-refractivity contribution >= 4 is 34.6 Å². The maximum Gasteiger partial charge on any atom is 0.326 e. The van der Waals surface area contributed by atoms with Crippen LogP contribution < -0.4 is 27.4 Å². The van der Waals surface area contributed by atoms with Crippen LogP contribution in [0.25, 0.3) is 10.9 Å². The normalized spacial score (nSPS) is 14.9. The highest BCUT2D eigenvalue weighted by molar-refractivity contribution is 5.94. The molecule has 2 aromatic heterocycles. The zero-order valence-corrected chi connectivity index (χ0v) is 24.1. The van der Waals surface area contributed by atoms with Gasteiger partial charge in [-0.15, -0.1) is 0 Å². The molecule has 0 spiro atoms. The number of carbonyl (C=O) groups is 4. The molecule has 0 aliphatic rings. The first kappa shape index (κ1) is 32.3. The number of imidazole rings is 1. The molecule has 1 aromatic carbocycles. The van der Waals surface area contributed by atoms with Gasteiger partial charge in [-0.05, 0) is 43.4 Å². The van der Waals surface area contributed by atoms with Gasteiger partial charge in [0.05, 0.1) is 12.4 Å². The number of carboxylic acids is 1. The van der Waals surface area contributed by atoms with Gasteiger partial charge in [0.15, 0.2) is 0 Å². The van der Waals surface area contributed by atoms with E-state index in [1.54, 1.807) is 12.4 Å². The van der Waals surface area contributed by atoms with Crippen molar-refractivity contribution in [2.24, 2.45) is 17.4 Å².